The minimum Gasteiger partial charge on any atom is -0.497 e. The molecule has 1 amide bonds. The van der Waals surface area contributed by atoms with Crippen LogP contribution in [0.15, 0.2) is 42.7 Å². The summed E-state index contributed by atoms with van der Waals surface area (Å²) in [5.74, 6) is 0.857. The van der Waals surface area contributed by atoms with Gasteiger partial charge in [0.1, 0.15) is 5.75 Å². The Morgan fingerprint density at radius 3 is 2.81 bits per heavy atom. The highest BCUT2D eigenvalue weighted by molar-refractivity contribution is 5.94. The number of aliphatic hydroxyl groups excluding tert-OH is 1. The lowest BCUT2D eigenvalue weighted by atomic mass is 9.68. The SMILES string of the molecule is COc1ccc2c3c([nH]c2c1)[C@@H](CO)N(C)CC31CCN(C(=O)c2cccnc2)CC1. The Balaban J connectivity index is 1.51. The number of aliphatic hydroxyl groups is 1. The van der Waals surface area contributed by atoms with E-state index in [2.05, 4.69) is 28.0 Å². The third-order valence-electron chi connectivity index (χ3n) is 7.07. The van der Waals surface area contributed by atoms with Crippen LogP contribution in [0.4, 0.5) is 0 Å². The fourth-order valence-corrected chi connectivity index (χ4v) is 5.48. The third kappa shape index (κ3) is 3.20. The van der Waals surface area contributed by atoms with Crippen LogP contribution in [-0.4, -0.2) is 71.2 Å². The number of nitrogens with zero attached hydrogens (tertiary/aromatic N) is 3. The molecule has 162 valence electrons. The second-order valence-electron chi connectivity index (χ2n) is 8.75. The molecule has 2 aromatic heterocycles. The van der Waals surface area contributed by atoms with Crippen molar-refractivity contribution < 1.29 is 14.6 Å². The van der Waals surface area contributed by atoms with Crippen LogP contribution >= 0.6 is 0 Å². The van der Waals surface area contributed by atoms with Gasteiger partial charge in [-0.05, 0) is 49.7 Å². The van der Waals surface area contributed by atoms with Crippen LogP contribution in [0.5, 0.6) is 5.75 Å². The molecule has 2 aliphatic rings. The van der Waals surface area contributed by atoms with Gasteiger partial charge in [0.15, 0.2) is 0 Å². The highest BCUT2D eigenvalue weighted by Gasteiger charge is 2.46. The number of methoxy groups -OCH3 is 1. The maximum atomic E-state index is 12.9. The zero-order valence-electron chi connectivity index (χ0n) is 18.0. The molecule has 1 aromatic carbocycles. The number of ether oxygens (including phenoxy) is 1. The first-order valence-corrected chi connectivity index (χ1v) is 10.8. The van der Waals surface area contributed by atoms with Gasteiger partial charge in [0.05, 0.1) is 25.3 Å². The zero-order chi connectivity index (χ0) is 21.6. The number of carbonyl (C=O) groups is 1. The van der Waals surface area contributed by atoms with Crippen molar-refractivity contribution in [3.63, 3.8) is 0 Å². The van der Waals surface area contributed by atoms with Gasteiger partial charge < -0.3 is 19.7 Å². The zero-order valence-corrected chi connectivity index (χ0v) is 18.0. The molecule has 1 fully saturated rings. The number of hydrogen-bond donors (Lipinski definition) is 2. The number of rotatable bonds is 3. The Bertz CT molecular complexity index is 1100. The maximum absolute atomic E-state index is 12.9. The van der Waals surface area contributed by atoms with Crippen molar-refractivity contribution >= 4 is 16.8 Å². The van der Waals surface area contributed by atoms with Gasteiger partial charge in [-0.1, -0.05) is 0 Å². The van der Waals surface area contributed by atoms with E-state index < -0.39 is 0 Å². The lowest BCUT2D eigenvalue weighted by molar-refractivity contribution is 0.0513. The van der Waals surface area contributed by atoms with Crippen LogP contribution in [0.2, 0.25) is 0 Å². The molecule has 5 rings (SSSR count). The molecule has 0 bridgehead atoms. The van der Waals surface area contributed by atoms with E-state index in [1.165, 1.54) is 10.9 Å². The average Bonchev–Trinajstić information content (AvgIpc) is 3.19. The first-order chi connectivity index (χ1) is 15.1. The van der Waals surface area contributed by atoms with Gasteiger partial charge in [0.2, 0.25) is 0 Å². The molecule has 4 heterocycles. The molecule has 7 heteroatoms. The van der Waals surface area contributed by atoms with Crippen LogP contribution < -0.4 is 4.74 Å². The summed E-state index contributed by atoms with van der Waals surface area (Å²) in [5, 5.41) is 11.3. The predicted molar refractivity (Wildman–Crippen MR) is 118 cm³/mol. The fourth-order valence-electron chi connectivity index (χ4n) is 5.48. The maximum Gasteiger partial charge on any atom is 0.255 e. The van der Waals surface area contributed by atoms with Crippen LogP contribution in [0, 0.1) is 0 Å². The van der Waals surface area contributed by atoms with Crippen molar-refractivity contribution in [1.29, 1.82) is 0 Å². The molecule has 1 atom stereocenters. The van der Waals surface area contributed by atoms with E-state index in [1.807, 2.05) is 23.1 Å². The molecule has 1 saturated heterocycles. The van der Waals surface area contributed by atoms with Gasteiger partial charge in [-0.15, -0.1) is 0 Å². The van der Waals surface area contributed by atoms with E-state index in [4.69, 9.17) is 4.74 Å². The number of hydrogen-bond acceptors (Lipinski definition) is 5. The van der Waals surface area contributed by atoms with Gasteiger partial charge in [-0.3, -0.25) is 14.7 Å². The number of piperidine rings is 1. The van der Waals surface area contributed by atoms with Crippen molar-refractivity contribution in [3.05, 3.63) is 59.5 Å². The first kappa shape index (κ1) is 20.0. The Hall–Kier alpha value is -2.90. The summed E-state index contributed by atoms with van der Waals surface area (Å²) in [5.41, 5.74) is 4.00. The minimum atomic E-state index is -0.0612. The number of nitrogens with one attached hydrogen (secondary N) is 1. The molecule has 3 aromatic rings. The summed E-state index contributed by atoms with van der Waals surface area (Å²) in [7, 11) is 3.75. The molecule has 2 N–H and O–H groups in total. The second kappa shape index (κ2) is 7.66. The smallest absolute Gasteiger partial charge is 0.255 e. The lowest BCUT2D eigenvalue weighted by Crippen LogP contribution is -2.53. The van der Waals surface area contributed by atoms with Crippen LogP contribution in [0.3, 0.4) is 0 Å². The summed E-state index contributed by atoms with van der Waals surface area (Å²) in [4.78, 5) is 24.8. The third-order valence-corrected chi connectivity index (χ3v) is 7.07. The summed E-state index contributed by atoms with van der Waals surface area (Å²) in [6.07, 6.45) is 5.09. The summed E-state index contributed by atoms with van der Waals surface area (Å²) >= 11 is 0. The molecule has 0 saturated carbocycles. The molecular formula is C24H28N4O3. The fraction of sp³-hybridized carbons (Fsp3) is 0.417. The number of H-pyrrole nitrogens is 1. The van der Waals surface area contributed by atoms with Crippen molar-refractivity contribution in [1.82, 2.24) is 19.8 Å². The topological polar surface area (TPSA) is 81.7 Å². The molecular weight excluding hydrogens is 392 g/mol. The molecule has 0 unspecified atom stereocenters. The van der Waals surface area contributed by atoms with E-state index in [-0.39, 0.29) is 24.0 Å². The Labute approximate surface area is 181 Å². The second-order valence-corrected chi connectivity index (χ2v) is 8.75. The quantitative estimate of drug-likeness (QED) is 0.681. The summed E-state index contributed by atoms with van der Waals surface area (Å²) in [6, 6.07) is 9.71. The average molecular weight is 421 g/mol. The van der Waals surface area contributed by atoms with Crippen LogP contribution in [-0.2, 0) is 5.41 Å². The van der Waals surface area contributed by atoms with Crippen molar-refractivity contribution in [3.8, 4) is 5.75 Å². The largest absolute Gasteiger partial charge is 0.497 e. The van der Waals surface area contributed by atoms with Crippen LogP contribution in [0.1, 0.15) is 40.5 Å². The Morgan fingerprint density at radius 1 is 1.32 bits per heavy atom. The van der Waals surface area contributed by atoms with E-state index in [0.29, 0.717) is 18.7 Å². The summed E-state index contributed by atoms with van der Waals surface area (Å²) < 4.78 is 5.42. The highest BCUT2D eigenvalue weighted by atomic mass is 16.5. The highest BCUT2D eigenvalue weighted by Crippen LogP contribution is 2.48. The number of likely N-dealkylation sites (tertiary alicyclic amines) is 1. The molecule has 2 aliphatic heterocycles. The molecule has 0 radical (unpaired) electrons. The summed E-state index contributed by atoms with van der Waals surface area (Å²) in [6.45, 7) is 2.33. The monoisotopic (exact) mass is 420 g/mol. The van der Waals surface area contributed by atoms with Crippen molar-refractivity contribution in [2.75, 3.05) is 40.4 Å². The number of fused-ring (bicyclic) bond motifs is 4. The Kier molecular flexibility index (Phi) is 4.95. The standard InChI is InChI=1S/C24H28N4O3/c1-27-15-24(7-10-28(11-8-24)23(30)16-4-3-9-25-13-16)21-18-6-5-17(31-2)12-19(18)26-22(21)20(27)14-29/h3-6,9,12-13,20,26,29H,7-8,10-11,14-15H2,1-2H3/t20-/m1/s1. The number of aromatic nitrogens is 2. The molecule has 7 nitrogen and oxygen atoms in total. The number of aromatic amines is 1. The molecule has 1 spiro atoms. The first-order valence-electron chi connectivity index (χ1n) is 10.8. The van der Waals surface area contributed by atoms with Gasteiger partial charge in [-0.25, -0.2) is 0 Å². The molecule has 31 heavy (non-hydrogen) atoms. The van der Waals surface area contributed by atoms with Crippen molar-refractivity contribution in [2.45, 2.75) is 24.3 Å². The number of carbonyl (C=O) groups excluding carboxylic acids is 1. The van der Waals surface area contributed by atoms with Crippen LogP contribution in [0.25, 0.3) is 10.9 Å². The molecule has 0 aliphatic carbocycles. The Morgan fingerprint density at radius 2 is 2.13 bits per heavy atom. The van der Waals surface area contributed by atoms with E-state index in [1.54, 1.807) is 25.6 Å². The van der Waals surface area contributed by atoms with E-state index in [0.717, 1.165) is 36.3 Å². The van der Waals surface area contributed by atoms with E-state index >= 15 is 0 Å². The normalized spacial score (nSPS) is 20.7. The van der Waals surface area contributed by atoms with Gasteiger partial charge in [0.25, 0.3) is 5.91 Å². The van der Waals surface area contributed by atoms with E-state index in [9.17, 15) is 9.90 Å². The number of amides is 1. The lowest BCUT2D eigenvalue weighted by Gasteiger charge is -2.49. The van der Waals surface area contributed by atoms with Gasteiger partial charge in [-0.2, -0.15) is 0 Å². The number of likely N-dealkylation sites (N-methyl/N-ethyl adjacent to an activating group) is 1. The number of pyridine rings is 1. The van der Waals surface area contributed by atoms with Gasteiger partial charge in [0, 0.05) is 60.1 Å². The predicted octanol–water partition coefficient (Wildman–Crippen LogP) is 2.72. The minimum absolute atomic E-state index is 0.0456. The van der Waals surface area contributed by atoms with Gasteiger partial charge >= 0.3 is 0 Å². The number of benzene rings is 1. The van der Waals surface area contributed by atoms with Crippen molar-refractivity contribution in [2.24, 2.45) is 0 Å².